The number of nitrogens with one attached hydrogen (secondary N) is 1. The van der Waals surface area contributed by atoms with E-state index < -0.39 is 38.9 Å². The smallest absolute Gasteiger partial charge is 0.270 e. The molecule has 0 saturated heterocycles. The van der Waals surface area contributed by atoms with E-state index in [1.54, 1.807) is 26.0 Å². The lowest BCUT2D eigenvalue weighted by Gasteiger charge is -2.32. The fourth-order valence-corrected chi connectivity index (χ4v) is 4.77. The number of halogens is 3. The summed E-state index contributed by atoms with van der Waals surface area (Å²) in [6.45, 7) is 6.40. The predicted octanol–water partition coefficient (Wildman–Crippen LogP) is 5.80. The van der Waals surface area contributed by atoms with E-state index in [0.717, 1.165) is 12.1 Å². The van der Waals surface area contributed by atoms with Gasteiger partial charge in [0.15, 0.2) is 27.0 Å². The van der Waals surface area contributed by atoms with Gasteiger partial charge in [0, 0.05) is 24.0 Å². The van der Waals surface area contributed by atoms with Crippen LogP contribution in [0.4, 0.5) is 20.2 Å². The Hall–Kier alpha value is -3.50. The molecule has 0 bridgehead atoms. The monoisotopic (exact) mass is 578 g/mol. The summed E-state index contributed by atoms with van der Waals surface area (Å²) in [4.78, 5) is 27.2. The van der Waals surface area contributed by atoms with Gasteiger partial charge < -0.3 is 15.0 Å². The summed E-state index contributed by atoms with van der Waals surface area (Å²) in [5.74, 6) is -2.67. The molecule has 0 heterocycles. The van der Waals surface area contributed by atoms with E-state index in [0.29, 0.717) is 5.56 Å². The third kappa shape index (κ3) is 7.33. The van der Waals surface area contributed by atoms with Crippen molar-refractivity contribution in [1.29, 1.82) is 0 Å². The molecule has 0 spiro atoms. The largest absolute Gasteiger partial charge is 0.475 e. The van der Waals surface area contributed by atoms with Gasteiger partial charge in [0.2, 0.25) is 5.91 Å². The van der Waals surface area contributed by atoms with Crippen LogP contribution >= 0.6 is 11.6 Å². The summed E-state index contributed by atoms with van der Waals surface area (Å²) in [6.07, 6.45) is -0.0496. The maximum absolute atomic E-state index is 14.9. The van der Waals surface area contributed by atoms with E-state index >= 15 is 0 Å². The normalized spacial score (nSPS) is 11.7. The number of carbonyl (C=O) groups is 2. The maximum Gasteiger partial charge on any atom is 0.270 e. The molecule has 0 radical (unpaired) electrons. The van der Waals surface area contributed by atoms with Gasteiger partial charge in [-0.1, -0.05) is 30.7 Å². The average Bonchev–Trinajstić information content (AvgIpc) is 2.88. The average molecular weight is 579 g/mol. The van der Waals surface area contributed by atoms with E-state index in [1.165, 1.54) is 55.1 Å². The third-order valence-electron chi connectivity index (χ3n) is 5.90. The zero-order valence-electron chi connectivity index (χ0n) is 21.9. The van der Waals surface area contributed by atoms with Gasteiger partial charge in [0.05, 0.1) is 22.1 Å². The van der Waals surface area contributed by atoms with Crippen LogP contribution in [-0.4, -0.2) is 38.1 Å². The number of anilines is 2. The van der Waals surface area contributed by atoms with Crippen LogP contribution in [0.25, 0.3) is 0 Å². The Kier molecular flexibility index (Phi) is 9.34. The number of nitrogens with zero attached hydrogens (tertiary/aromatic N) is 1. The van der Waals surface area contributed by atoms with E-state index in [4.69, 9.17) is 16.3 Å². The number of benzene rings is 3. The van der Waals surface area contributed by atoms with Crippen LogP contribution < -0.4 is 15.0 Å². The van der Waals surface area contributed by atoms with E-state index in [-0.39, 0.29) is 45.8 Å². The first-order valence-electron chi connectivity index (χ1n) is 12.1. The van der Waals surface area contributed by atoms with Crippen molar-refractivity contribution in [2.24, 2.45) is 0 Å². The van der Waals surface area contributed by atoms with Crippen molar-refractivity contribution in [2.75, 3.05) is 22.5 Å². The van der Waals surface area contributed by atoms with Gasteiger partial charge >= 0.3 is 0 Å². The third-order valence-corrected chi connectivity index (χ3v) is 7.96. The summed E-state index contributed by atoms with van der Waals surface area (Å²) in [5, 5.41) is 2.51. The van der Waals surface area contributed by atoms with Gasteiger partial charge in [-0.25, -0.2) is 17.2 Å². The lowest BCUT2D eigenvalue weighted by molar-refractivity contribution is -0.131. The van der Waals surface area contributed by atoms with Crippen molar-refractivity contribution < 1.29 is 31.5 Å². The first-order chi connectivity index (χ1) is 18.3. The number of hydrogen-bond acceptors (Lipinski definition) is 5. The SMILES string of the molecule is CCN(C(=O)C(C)(C)Oc1ccc(NC(=O)Cc2ccc(S(=O)(=O)CC)cc2)cc1F)c1ccc(Cl)c(F)c1. The molecule has 3 rings (SSSR count). The molecule has 39 heavy (non-hydrogen) atoms. The van der Waals surface area contributed by atoms with Crippen LogP contribution in [-0.2, 0) is 25.8 Å². The Labute approximate surface area is 231 Å². The van der Waals surface area contributed by atoms with Crippen LogP contribution in [0.2, 0.25) is 5.02 Å². The molecule has 0 aliphatic rings. The molecule has 3 aromatic rings. The quantitative estimate of drug-likeness (QED) is 0.328. The second-order valence-electron chi connectivity index (χ2n) is 9.18. The van der Waals surface area contributed by atoms with Crippen LogP contribution in [0.5, 0.6) is 5.75 Å². The summed E-state index contributed by atoms with van der Waals surface area (Å²) in [6, 6.07) is 13.8. The number of carbonyl (C=O) groups excluding carboxylic acids is 2. The highest BCUT2D eigenvalue weighted by molar-refractivity contribution is 7.91. The summed E-state index contributed by atoms with van der Waals surface area (Å²) in [7, 11) is -3.34. The molecule has 0 aliphatic carbocycles. The zero-order chi connectivity index (χ0) is 29.0. The second kappa shape index (κ2) is 12.1. The van der Waals surface area contributed by atoms with Crippen molar-refractivity contribution in [3.63, 3.8) is 0 Å². The molecule has 11 heteroatoms. The van der Waals surface area contributed by atoms with Crippen molar-refractivity contribution in [3.8, 4) is 5.75 Å². The minimum Gasteiger partial charge on any atom is -0.475 e. The Balaban J connectivity index is 1.68. The first kappa shape index (κ1) is 30.0. The minimum atomic E-state index is -3.34. The number of ether oxygens (including phenoxy) is 1. The highest BCUT2D eigenvalue weighted by atomic mass is 35.5. The van der Waals surface area contributed by atoms with Gasteiger partial charge in [0.1, 0.15) is 5.82 Å². The van der Waals surface area contributed by atoms with Crippen LogP contribution in [0.3, 0.4) is 0 Å². The standard InChI is InChI=1S/C28H29ClF2N2O5S/c1-5-33(20-10-13-22(29)23(30)17-20)27(35)28(3,4)38-25-14-9-19(16-24(25)31)32-26(34)15-18-7-11-21(12-8-18)39(36,37)6-2/h7-14,16-17H,5-6,15H2,1-4H3,(H,32,34). The predicted molar refractivity (Wildman–Crippen MR) is 147 cm³/mol. The Morgan fingerprint density at radius 2 is 1.64 bits per heavy atom. The van der Waals surface area contributed by atoms with Gasteiger partial charge in [-0.2, -0.15) is 0 Å². The fourth-order valence-electron chi connectivity index (χ4n) is 3.77. The Morgan fingerprint density at radius 1 is 0.974 bits per heavy atom. The van der Waals surface area contributed by atoms with Crippen LogP contribution in [0, 0.1) is 11.6 Å². The molecule has 0 fully saturated rings. The highest BCUT2D eigenvalue weighted by Gasteiger charge is 2.35. The fraction of sp³-hybridized carbons (Fsp3) is 0.286. The molecule has 208 valence electrons. The molecule has 1 N–H and O–H groups in total. The lowest BCUT2D eigenvalue weighted by atomic mass is 10.1. The van der Waals surface area contributed by atoms with Gasteiger partial charge in [-0.15, -0.1) is 0 Å². The zero-order valence-corrected chi connectivity index (χ0v) is 23.5. The van der Waals surface area contributed by atoms with E-state index in [2.05, 4.69) is 5.32 Å². The molecule has 0 saturated carbocycles. The van der Waals surface area contributed by atoms with Gasteiger partial charge in [0.25, 0.3) is 5.91 Å². The number of amides is 2. The topological polar surface area (TPSA) is 92.8 Å². The maximum atomic E-state index is 14.9. The van der Waals surface area contributed by atoms with E-state index in [1.807, 2.05) is 0 Å². The Bertz CT molecular complexity index is 1480. The molecule has 7 nitrogen and oxygen atoms in total. The van der Waals surface area contributed by atoms with Crippen LogP contribution in [0.1, 0.15) is 33.3 Å². The molecule has 0 aromatic heterocycles. The highest BCUT2D eigenvalue weighted by Crippen LogP contribution is 2.29. The number of hydrogen-bond donors (Lipinski definition) is 1. The van der Waals surface area contributed by atoms with Crippen molar-refractivity contribution in [3.05, 3.63) is 82.9 Å². The molecule has 2 amide bonds. The van der Waals surface area contributed by atoms with Crippen LogP contribution in [0.15, 0.2) is 65.6 Å². The van der Waals surface area contributed by atoms with Gasteiger partial charge in [-0.05, 0) is 68.8 Å². The summed E-state index contributed by atoms with van der Waals surface area (Å²) >= 11 is 5.74. The Morgan fingerprint density at radius 3 is 2.21 bits per heavy atom. The molecule has 3 aromatic carbocycles. The number of sulfone groups is 1. The van der Waals surface area contributed by atoms with Crippen molar-refractivity contribution in [2.45, 2.75) is 44.6 Å². The van der Waals surface area contributed by atoms with E-state index in [9.17, 15) is 26.8 Å². The second-order valence-corrected chi connectivity index (χ2v) is 11.9. The number of likely N-dealkylation sites (N-methyl/N-ethyl adjacent to an activating group) is 1. The lowest BCUT2D eigenvalue weighted by Crippen LogP contribution is -2.49. The molecule has 0 aliphatic heterocycles. The molecular weight excluding hydrogens is 550 g/mol. The summed E-state index contributed by atoms with van der Waals surface area (Å²) in [5.41, 5.74) is -0.480. The van der Waals surface area contributed by atoms with Crippen molar-refractivity contribution >= 4 is 44.6 Å². The van der Waals surface area contributed by atoms with Gasteiger partial charge in [-0.3, -0.25) is 9.59 Å². The summed E-state index contributed by atoms with van der Waals surface area (Å²) < 4.78 is 58.4. The number of rotatable bonds is 10. The molecular formula is C28H29ClF2N2O5S. The molecule has 0 atom stereocenters. The molecule has 0 unspecified atom stereocenters. The first-order valence-corrected chi connectivity index (χ1v) is 14.2. The minimum absolute atomic E-state index is 0.0252. The van der Waals surface area contributed by atoms with Crippen molar-refractivity contribution in [1.82, 2.24) is 0 Å².